The Kier molecular flexibility index (Phi) is 7.14. The van der Waals surface area contributed by atoms with Gasteiger partial charge in [0.05, 0.1) is 57.6 Å². The number of nitrogens with two attached hydrogens (primary N) is 1. The molecule has 3 rings (SSSR count). The molecule has 0 radical (unpaired) electrons. The molecule has 0 fully saturated rings. The normalized spacial score (nSPS) is 16.0. The SMILES string of the molecule is COC(=O)C1=C(C(=O)OC)N(c2cc(Cl)c(Br)c(Cl)c2)C(N)=C(C#N)C1c1ccccc1. The smallest absolute Gasteiger partial charge is 0.355 e. The Bertz CT molecular complexity index is 1180. The molecule has 7 nitrogen and oxygen atoms in total. The third kappa shape index (κ3) is 4.07. The summed E-state index contributed by atoms with van der Waals surface area (Å²) in [6, 6.07) is 13.8. The number of halogens is 3. The minimum absolute atomic E-state index is 0.0411. The summed E-state index contributed by atoms with van der Waals surface area (Å²) in [7, 11) is 2.35. The lowest BCUT2D eigenvalue weighted by molar-refractivity contribution is -0.139. The Morgan fingerprint density at radius 2 is 1.66 bits per heavy atom. The highest BCUT2D eigenvalue weighted by Gasteiger charge is 2.43. The third-order valence-corrected chi connectivity index (χ3v) is 6.74. The summed E-state index contributed by atoms with van der Waals surface area (Å²) in [4.78, 5) is 27.2. The van der Waals surface area contributed by atoms with E-state index in [1.165, 1.54) is 31.3 Å². The van der Waals surface area contributed by atoms with Crippen LogP contribution in [-0.2, 0) is 19.1 Å². The lowest BCUT2D eigenvalue weighted by Crippen LogP contribution is -2.40. The lowest BCUT2D eigenvalue weighted by atomic mass is 9.81. The van der Waals surface area contributed by atoms with Gasteiger partial charge in [0.25, 0.3) is 0 Å². The number of allylic oxidation sites excluding steroid dienone is 1. The fourth-order valence-corrected chi connectivity index (χ4v) is 4.16. The van der Waals surface area contributed by atoms with Crippen molar-refractivity contribution < 1.29 is 19.1 Å². The van der Waals surface area contributed by atoms with Gasteiger partial charge in [-0.2, -0.15) is 5.26 Å². The first-order valence-corrected chi connectivity index (χ1v) is 10.6. The molecule has 0 spiro atoms. The Morgan fingerprint density at radius 3 is 2.16 bits per heavy atom. The Balaban J connectivity index is 2.44. The number of benzene rings is 2. The van der Waals surface area contributed by atoms with Crippen molar-refractivity contribution in [3.63, 3.8) is 0 Å². The predicted octanol–water partition coefficient (Wildman–Crippen LogP) is 4.65. The number of esters is 2. The molecule has 0 amide bonds. The highest BCUT2D eigenvalue weighted by atomic mass is 79.9. The standard InChI is InChI=1S/C22H16BrCl2N3O4/c1-31-21(29)17-16(11-6-4-3-5-7-11)13(10-26)20(27)28(19(17)22(30)32-2)12-8-14(24)18(23)15(25)9-12/h3-9,16H,27H2,1-2H3. The highest BCUT2D eigenvalue weighted by molar-refractivity contribution is 9.10. The van der Waals surface area contributed by atoms with E-state index in [1.54, 1.807) is 30.3 Å². The maximum atomic E-state index is 13.0. The number of hydrogen-bond acceptors (Lipinski definition) is 7. The molecule has 0 saturated heterocycles. The van der Waals surface area contributed by atoms with Gasteiger partial charge >= 0.3 is 11.9 Å². The molecule has 0 aromatic heterocycles. The zero-order valence-electron chi connectivity index (χ0n) is 16.9. The maximum Gasteiger partial charge on any atom is 0.355 e. The molecule has 1 aliphatic rings. The number of nitrogens with zero attached hydrogens (tertiary/aromatic N) is 2. The largest absolute Gasteiger partial charge is 0.466 e. The van der Waals surface area contributed by atoms with Gasteiger partial charge in [0, 0.05) is 0 Å². The average molecular weight is 537 g/mol. The van der Waals surface area contributed by atoms with Crippen LogP contribution in [0.4, 0.5) is 5.69 Å². The molecule has 1 heterocycles. The molecule has 2 N–H and O–H groups in total. The summed E-state index contributed by atoms with van der Waals surface area (Å²) in [5, 5.41) is 10.5. The second kappa shape index (κ2) is 9.65. The van der Waals surface area contributed by atoms with Gasteiger partial charge in [-0.05, 0) is 33.6 Å². The summed E-state index contributed by atoms with van der Waals surface area (Å²) in [5.41, 5.74) is 6.96. The molecule has 2 aromatic carbocycles. The fraction of sp³-hybridized carbons (Fsp3) is 0.136. The number of carbonyl (C=O) groups is 2. The molecule has 32 heavy (non-hydrogen) atoms. The molecule has 0 bridgehead atoms. The molecule has 1 atom stereocenters. The molecule has 0 saturated carbocycles. The average Bonchev–Trinajstić information content (AvgIpc) is 2.80. The molecular weight excluding hydrogens is 521 g/mol. The number of carbonyl (C=O) groups excluding carboxylic acids is 2. The summed E-state index contributed by atoms with van der Waals surface area (Å²) in [6.07, 6.45) is 0. The van der Waals surface area contributed by atoms with Gasteiger partial charge in [-0.1, -0.05) is 53.5 Å². The van der Waals surface area contributed by atoms with Crippen molar-refractivity contribution in [3.05, 3.63) is 85.2 Å². The molecule has 1 unspecified atom stereocenters. The number of anilines is 1. The second-order valence-corrected chi connectivity index (χ2v) is 8.17. The van der Waals surface area contributed by atoms with Gasteiger partial charge in [0.2, 0.25) is 0 Å². The van der Waals surface area contributed by atoms with Gasteiger partial charge in [0.1, 0.15) is 11.5 Å². The van der Waals surface area contributed by atoms with E-state index in [9.17, 15) is 14.9 Å². The molecule has 164 valence electrons. The van der Waals surface area contributed by atoms with E-state index < -0.39 is 17.9 Å². The van der Waals surface area contributed by atoms with Gasteiger partial charge in [-0.25, -0.2) is 9.59 Å². The first-order chi connectivity index (χ1) is 15.3. The molecule has 0 aliphatic carbocycles. The predicted molar refractivity (Wildman–Crippen MR) is 124 cm³/mol. The van der Waals surface area contributed by atoms with Crippen molar-refractivity contribution in [2.75, 3.05) is 19.1 Å². The molecule has 1 aliphatic heterocycles. The Morgan fingerprint density at radius 1 is 1.09 bits per heavy atom. The fourth-order valence-electron chi connectivity index (χ4n) is 3.45. The van der Waals surface area contributed by atoms with Gasteiger partial charge in [-0.15, -0.1) is 0 Å². The number of hydrogen-bond donors (Lipinski definition) is 1. The molecule has 2 aromatic rings. The summed E-state index contributed by atoms with van der Waals surface area (Å²) in [5.74, 6) is -2.72. The molecule has 10 heteroatoms. The van der Waals surface area contributed by atoms with Crippen LogP contribution in [0.25, 0.3) is 0 Å². The molecular formula is C22H16BrCl2N3O4. The van der Waals surface area contributed by atoms with E-state index in [0.717, 1.165) is 0 Å². The number of ether oxygens (including phenoxy) is 2. The van der Waals surface area contributed by atoms with Crippen molar-refractivity contribution >= 4 is 56.8 Å². The quantitative estimate of drug-likeness (QED) is 0.447. The number of methoxy groups -OCH3 is 2. The van der Waals surface area contributed by atoms with Crippen molar-refractivity contribution in [2.45, 2.75) is 5.92 Å². The van der Waals surface area contributed by atoms with Gasteiger partial charge < -0.3 is 15.2 Å². The first kappa shape index (κ1) is 23.7. The monoisotopic (exact) mass is 535 g/mol. The minimum atomic E-state index is -0.958. The topological polar surface area (TPSA) is 106 Å². The van der Waals surface area contributed by atoms with Crippen molar-refractivity contribution in [3.8, 4) is 6.07 Å². The summed E-state index contributed by atoms with van der Waals surface area (Å²) < 4.78 is 10.4. The van der Waals surface area contributed by atoms with E-state index in [1.807, 2.05) is 0 Å². The highest BCUT2D eigenvalue weighted by Crippen LogP contribution is 2.45. The van der Waals surface area contributed by atoms with Crippen LogP contribution in [0.1, 0.15) is 11.5 Å². The van der Waals surface area contributed by atoms with Crippen LogP contribution in [0.15, 0.2) is 69.6 Å². The first-order valence-electron chi connectivity index (χ1n) is 9.06. The number of rotatable bonds is 4. The minimum Gasteiger partial charge on any atom is -0.466 e. The van der Waals surface area contributed by atoms with Crippen LogP contribution in [0.3, 0.4) is 0 Å². The summed E-state index contributed by atoms with van der Waals surface area (Å²) in [6.45, 7) is 0. The van der Waals surface area contributed by atoms with Crippen LogP contribution in [-0.4, -0.2) is 26.2 Å². The van der Waals surface area contributed by atoms with Gasteiger partial charge in [0.15, 0.2) is 0 Å². The number of nitriles is 1. The van der Waals surface area contributed by atoms with Crippen molar-refractivity contribution in [1.82, 2.24) is 0 Å². The lowest BCUT2D eigenvalue weighted by Gasteiger charge is -2.36. The zero-order valence-corrected chi connectivity index (χ0v) is 20.0. The van der Waals surface area contributed by atoms with E-state index >= 15 is 0 Å². The van der Waals surface area contributed by atoms with Crippen LogP contribution in [0.5, 0.6) is 0 Å². The van der Waals surface area contributed by atoms with Crippen molar-refractivity contribution in [2.24, 2.45) is 5.73 Å². The van der Waals surface area contributed by atoms with E-state index in [2.05, 4.69) is 22.0 Å². The Hall–Kier alpha value is -2.99. The van der Waals surface area contributed by atoms with Crippen LogP contribution in [0.2, 0.25) is 10.0 Å². The summed E-state index contributed by atoms with van der Waals surface area (Å²) >= 11 is 15.8. The van der Waals surface area contributed by atoms with Crippen molar-refractivity contribution in [1.29, 1.82) is 5.26 Å². The maximum absolute atomic E-state index is 13.0. The van der Waals surface area contributed by atoms with E-state index in [4.69, 9.17) is 38.4 Å². The zero-order chi connectivity index (χ0) is 23.6. The van der Waals surface area contributed by atoms with Crippen LogP contribution >= 0.6 is 39.1 Å². The van der Waals surface area contributed by atoms with Crippen LogP contribution in [0, 0.1) is 11.3 Å². The Labute approximate surface area is 202 Å². The third-order valence-electron chi connectivity index (χ3n) is 4.84. The second-order valence-electron chi connectivity index (χ2n) is 6.56. The van der Waals surface area contributed by atoms with Gasteiger partial charge in [-0.3, -0.25) is 4.90 Å². The van der Waals surface area contributed by atoms with E-state index in [-0.39, 0.29) is 38.4 Å². The van der Waals surface area contributed by atoms with Crippen LogP contribution < -0.4 is 10.6 Å². The van der Waals surface area contributed by atoms with E-state index in [0.29, 0.717) is 10.0 Å².